The molecule has 0 bridgehead atoms. The molecule has 0 aromatic rings. The van der Waals surface area contributed by atoms with E-state index in [-0.39, 0.29) is 5.91 Å². The Hall–Kier alpha value is -0.650. The zero-order valence-electron chi connectivity index (χ0n) is 8.66. The maximum absolute atomic E-state index is 10.8. The molecule has 1 amide bonds. The molecule has 1 unspecified atom stereocenters. The second-order valence-electron chi connectivity index (χ2n) is 3.65. The molecule has 0 aromatic heterocycles. The fourth-order valence-corrected chi connectivity index (χ4v) is 1.63. The molecule has 0 aromatic carbocycles. The first kappa shape index (κ1) is 11.4. The highest BCUT2D eigenvalue weighted by molar-refractivity contribution is 5.75. The van der Waals surface area contributed by atoms with E-state index in [1.54, 1.807) is 0 Å². The second kappa shape index (κ2) is 5.95. The number of morpholine rings is 1. The Morgan fingerprint density at radius 2 is 2.50 bits per heavy atom. The van der Waals surface area contributed by atoms with Gasteiger partial charge in [-0.1, -0.05) is 0 Å². The lowest BCUT2D eigenvalue weighted by molar-refractivity contribution is -0.121. The molecule has 1 atom stereocenters. The van der Waals surface area contributed by atoms with E-state index in [0.717, 1.165) is 32.7 Å². The van der Waals surface area contributed by atoms with Crippen molar-refractivity contribution in [1.82, 2.24) is 10.3 Å². The fraction of sp³-hybridized carbons (Fsp3) is 0.889. The predicted octanol–water partition coefficient (Wildman–Crippen LogP) is -0.523. The number of ether oxygens (including phenoxy) is 1. The first-order valence-electron chi connectivity index (χ1n) is 5.06. The standard InChI is InChI=1S/C9H19N3O2/c1-8-7-12(5-6-14-8)4-2-3-9(13)11-10/h8H,2-7,10H2,1H3,(H,11,13). The zero-order valence-corrected chi connectivity index (χ0v) is 8.66. The van der Waals surface area contributed by atoms with Crippen LogP contribution in [0.5, 0.6) is 0 Å². The van der Waals surface area contributed by atoms with Gasteiger partial charge in [0, 0.05) is 19.5 Å². The molecule has 0 spiro atoms. The molecule has 0 saturated carbocycles. The van der Waals surface area contributed by atoms with Gasteiger partial charge in [-0.25, -0.2) is 5.84 Å². The van der Waals surface area contributed by atoms with Crippen LogP contribution in [0, 0.1) is 0 Å². The number of hydrogen-bond donors (Lipinski definition) is 2. The van der Waals surface area contributed by atoms with Gasteiger partial charge in [-0.05, 0) is 19.9 Å². The van der Waals surface area contributed by atoms with Crippen molar-refractivity contribution in [2.45, 2.75) is 25.9 Å². The summed E-state index contributed by atoms with van der Waals surface area (Å²) in [5.74, 6) is 4.89. The van der Waals surface area contributed by atoms with E-state index >= 15 is 0 Å². The number of rotatable bonds is 4. The van der Waals surface area contributed by atoms with Crippen molar-refractivity contribution >= 4 is 5.91 Å². The number of carbonyl (C=O) groups is 1. The van der Waals surface area contributed by atoms with Crippen LogP contribution in [0.3, 0.4) is 0 Å². The Balaban J connectivity index is 2.08. The van der Waals surface area contributed by atoms with Crippen LogP contribution in [-0.4, -0.2) is 43.2 Å². The van der Waals surface area contributed by atoms with E-state index in [1.807, 2.05) is 0 Å². The number of amides is 1. The topological polar surface area (TPSA) is 67.6 Å². The molecule has 1 heterocycles. The number of hydrazine groups is 1. The number of hydrogen-bond acceptors (Lipinski definition) is 4. The molecule has 1 saturated heterocycles. The quantitative estimate of drug-likeness (QED) is 0.365. The molecule has 0 radical (unpaired) electrons. The summed E-state index contributed by atoms with van der Waals surface area (Å²) in [6.45, 7) is 5.74. The lowest BCUT2D eigenvalue weighted by Crippen LogP contribution is -2.41. The maximum Gasteiger partial charge on any atom is 0.233 e. The van der Waals surface area contributed by atoms with Gasteiger partial charge in [0.15, 0.2) is 0 Å². The molecular weight excluding hydrogens is 182 g/mol. The Labute approximate surface area is 84.5 Å². The summed E-state index contributed by atoms with van der Waals surface area (Å²) in [5.41, 5.74) is 2.13. The predicted molar refractivity (Wildman–Crippen MR) is 53.4 cm³/mol. The molecule has 0 aliphatic carbocycles. The molecule has 1 aliphatic rings. The van der Waals surface area contributed by atoms with Gasteiger partial charge in [0.05, 0.1) is 12.7 Å². The average Bonchev–Trinajstić information content (AvgIpc) is 2.17. The van der Waals surface area contributed by atoms with Crippen molar-refractivity contribution in [3.8, 4) is 0 Å². The van der Waals surface area contributed by atoms with Crippen LogP contribution in [0.1, 0.15) is 19.8 Å². The Morgan fingerprint density at radius 1 is 1.71 bits per heavy atom. The molecular formula is C9H19N3O2. The highest BCUT2D eigenvalue weighted by atomic mass is 16.5. The van der Waals surface area contributed by atoms with Crippen LogP contribution in [0.15, 0.2) is 0 Å². The first-order chi connectivity index (χ1) is 6.72. The monoisotopic (exact) mass is 201 g/mol. The lowest BCUT2D eigenvalue weighted by Gasteiger charge is -2.30. The smallest absolute Gasteiger partial charge is 0.233 e. The third-order valence-electron chi connectivity index (χ3n) is 2.36. The van der Waals surface area contributed by atoms with E-state index in [9.17, 15) is 4.79 Å². The van der Waals surface area contributed by atoms with Crippen molar-refractivity contribution < 1.29 is 9.53 Å². The van der Waals surface area contributed by atoms with Crippen LogP contribution >= 0.6 is 0 Å². The highest BCUT2D eigenvalue weighted by Gasteiger charge is 2.15. The molecule has 5 nitrogen and oxygen atoms in total. The van der Waals surface area contributed by atoms with E-state index in [4.69, 9.17) is 10.6 Å². The lowest BCUT2D eigenvalue weighted by atomic mass is 10.2. The van der Waals surface area contributed by atoms with Crippen LogP contribution < -0.4 is 11.3 Å². The van der Waals surface area contributed by atoms with Crippen molar-refractivity contribution in [3.05, 3.63) is 0 Å². The van der Waals surface area contributed by atoms with Gasteiger partial charge in [-0.2, -0.15) is 0 Å². The van der Waals surface area contributed by atoms with E-state index in [0.29, 0.717) is 12.5 Å². The van der Waals surface area contributed by atoms with E-state index < -0.39 is 0 Å². The van der Waals surface area contributed by atoms with Crippen LogP contribution in [0.4, 0.5) is 0 Å². The molecule has 82 valence electrons. The van der Waals surface area contributed by atoms with Gasteiger partial charge in [0.2, 0.25) is 5.91 Å². The third-order valence-corrected chi connectivity index (χ3v) is 2.36. The fourth-order valence-electron chi connectivity index (χ4n) is 1.63. The number of carbonyl (C=O) groups excluding carboxylic acids is 1. The van der Waals surface area contributed by atoms with E-state index in [2.05, 4.69) is 17.2 Å². The summed E-state index contributed by atoms with van der Waals surface area (Å²) < 4.78 is 5.42. The third kappa shape index (κ3) is 4.04. The Bertz CT molecular complexity index is 187. The minimum atomic E-state index is -0.0914. The minimum Gasteiger partial charge on any atom is -0.376 e. The normalized spacial score (nSPS) is 23.4. The van der Waals surface area contributed by atoms with Crippen molar-refractivity contribution in [1.29, 1.82) is 0 Å². The summed E-state index contributed by atoms with van der Waals surface area (Å²) in [4.78, 5) is 13.2. The summed E-state index contributed by atoms with van der Waals surface area (Å²) >= 11 is 0. The summed E-state index contributed by atoms with van der Waals surface area (Å²) in [5, 5.41) is 0. The average molecular weight is 201 g/mol. The molecule has 5 heteroatoms. The van der Waals surface area contributed by atoms with Gasteiger partial charge >= 0.3 is 0 Å². The Morgan fingerprint density at radius 3 is 3.14 bits per heavy atom. The van der Waals surface area contributed by atoms with Crippen LogP contribution in [0.25, 0.3) is 0 Å². The SMILES string of the molecule is CC1CN(CCCC(=O)NN)CCO1. The summed E-state index contributed by atoms with van der Waals surface area (Å²) in [7, 11) is 0. The molecule has 1 aliphatic heterocycles. The van der Waals surface area contributed by atoms with Crippen LogP contribution in [0.2, 0.25) is 0 Å². The van der Waals surface area contributed by atoms with Gasteiger partial charge in [0.1, 0.15) is 0 Å². The van der Waals surface area contributed by atoms with Gasteiger partial charge in [0.25, 0.3) is 0 Å². The van der Waals surface area contributed by atoms with E-state index in [1.165, 1.54) is 0 Å². The number of nitrogens with two attached hydrogens (primary N) is 1. The number of nitrogens with one attached hydrogen (secondary N) is 1. The molecule has 1 rings (SSSR count). The van der Waals surface area contributed by atoms with Crippen LogP contribution in [-0.2, 0) is 9.53 Å². The molecule has 1 fully saturated rings. The second-order valence-corrected chi connectivity index (χ2v) is 3.65. The molecule has 14 heavy (non-hydrogen) atoms. The minimum absolute atomic E-state index is 0.0914. The first-order valence-corrected chi connectivity index (χ1v) is 5.06. The largest absolute Gasteiger partial charge is 0.376 e. The summed E-state index contributed by atoms with van der Waals surface area (Å²) in [6.07, 6.45) is 1.67. The maximum atomic E-state index is 10.8. The van der Waals surface area contributed by atoms with Crippen molar-refractivity contribution in [2.24, 2.45) is 5.84 Å². The van der Waals surface area contributed by atoms with Gasteiger partial charge in [-0.15, -0.1) is 0 Å². The summed E-state index contributed by atoms with van der Waals surface area (Å²) in [6, 6.07) is 0. The molecule has 3 N–H and O–H groups in total. The Kier molecular flexibility index (Phi) is 4.86. The zero-order chi connectivity index (χ0) is 10.4. The van der Waals surface area contributed by atoms with Crippen molar-refractivity contribution in [3.63, 3.8) is 0 Å². The van der Waals surface area contributed by atoms with Gasteiger partial charge in [-0.3, -0.25) is 15.1 Å². The van der Waals surface area contributed by atoms with Gasteiger partial charge < -0.3 is 4.74 Å². The highest BCUT2D eigenvalue weighted by Crippen LogP contribution is 2.05. The number of nitrogens with zero attached hydrogens (tertiary/aromatic N) is 1. The van der Waals surface area contributed by atoms with Crippen molar-refractivity contribution in [2.75, 3.05) is 26.2 Å².